The van der Waals surface area contributed by atoms with E-state index in [9.17, 15) is 4.79 Å². The number of amides is 1. The number of aromatic nitrogens is 2. The maximum Gasteiger partial charge on any atom is 0.289 e. The van der Waals surface area contributed by atoms with Gasteiger partial charge in [-0.3, -0.25) is 4.79 Å². The lowest BCUT2D eigenvalue weighted by Gasteiger charge is -2.13. The molecule has 1 saturated heterocycles. The molecule has 1 amide bonds. The molecule has 2 N–H and O–H groups in total. The normalized spacial score (nSPS) is 16.8. The fraction of sp³-hybridized carbons (Fsp3) is 0.429. The molecule has 0 aromatic carbocycles. The lowest BCUT2D eigenvalue weighted by Crippen LogP contribution is -2.31. The summed E-state index contributed by atoms with van der Waals surface area (Å²) < 4.78 is 7.59. The first-order valence-corrected chi connectivity index (χ1v) is 7.86. The highest BCUT2D eigenvalue weighted by Gasteiger charge is 2.26. The minimum absolute atomic E-state index is 0. The first-order chi connectivity index (χ1) is 10.1. The molecular formula is C14H20Cl2N4O2S. The Morgan fingerprint density at radius 1 is 1.48 bits per heavy atom. The number of likely N-dealkylation sites (tertiary alicyclic amines) is 1. The molecule has 1 aliphatic heterocycles. The van der Waals surface area contributed by atoms with E-state index >= 15 is 0 Å². The van der Waals surface area contributed by atoms with Gasteiger partial charge in [-0.1, -0.05) is 11.8 Å². The van der Waals surface area contributed by atoms with Crippen LogP contribution in [-0.4, -0.2) is 39.5 Å². The molecule has 2 aromatic heterocycles. The lowest BCUT2D eigenvalue weighted by atomic mass is 10.3. The second kappa shape index (κ2) is 8.63. The summed E-state index contributed by atoms with van der Waals surface area (Å²) in [7, 11) is 1.95. The predicted molar refractivity (Wildman–Crippen MR) is 94.5 cm³/mol. The second-order valence-electron chi connectivity index (χ2n) is 5.18. The molecule has 23 heavy (non-hydrogen) atoms. The average molecular weight is 379 g/mol. The van der Waals surface area contributed by atoms with E-state index in [1.807, 2.05) is 23.9 Å². The zero-order valence-corrected chi connectivity index (χ0v) is 15.1. The van der Waals surface area contributed by atoms with Gasteiger partial charge in [-0.25, -0.2) is 4.98 Å². The van der Waals surface area contributed by atoms with Crippen molar-refractivity contribution in [3.8, 4) is 0 Å². The third kappa shape index (κ3) is 4.67. The van der Waals surface area contributed by atoms with Gasteiger partial charge in [0, 0.05) is 38.6 Å². The van der Waals surface area contributed by atoms with Crippen molar-refractivity contribution in [2.45, 2.75) is 23.4 Å². The van der Waals surface area contributed by atoms with Crippen LogP contribution >= 0.6 is 36.6 Å². The largest absolute Gasteiger partial charge is 0.455 e. The number of thioether (sulfide) groups is 1. The van der Waals surface area contributed by atoms with Crippen molar-refractivity contribution >= 4 is 42.5 Å². The van der Waals surface area contributed by atoms with E-state index < -0.39 is 0 Å². The minimum atomic E-state index is -0.0730. The van der Waals surface area contributed by atoms with Crippen LogP contribution in [0.3, 0.4) is 0 Å². The Kier molecular flexibility index (Phi) is 7.47. The Morgan fingerprint density at radius 3 is 2.87 bits per heavy atom. The van der Waals surface area contributed by atoms with Crippen LogP contribution in [-0.2, 0) is 12.8 Å². The number of imidazole rings is 1. The summed E-state index contributed by atoms with van der Waals surface area (Å²) in [5.41, 5.74) is 5.83. The van der Waals surface area contributed by atoms with Gasteiger partial charge in [0.25, 0.3) is 5.91 Å². The zero-order chi connectivity index (χ0) is 14.8. The van der Waals surface area contributed by atoms with Crippen molar-refractivity contribution in [3.63, 3.8) is 0 Å². The van der Waals surface area contributed by atoms with Gasteiger partial charge in [0.1, 0.15) is 5.76 Å². The molecule has 1 fully saturated rings. The van der Waals surface area contributed by atoms with Crippen LogP contribution < -0.4 is 5.73 Å². The van der Waals surface area contributed by atoms with Crippen LogP contribution in [0.1, 0.15) is 22.7 Å². The topological polar surface area (TPSA) is 77.3 Å². The molecule has 1 atom stereocenters. The Morgan fingerprint density at radius 2 is 2.26 bits per heavy atom. The Bertz CT molecular complexity index is 646. The Labute approximate surface area is 151 Å². The van der Waals surface area contributed by atoms with Crippen LogP contribution in [0.4, 0.5) is 0 Å². The van der Waals surface area contributed by atoms with Gasteiger partial charge < -0.3 is 19.6 Å². The van der Waals surface area contributed by atoms with Crippen molar-refractivity contribution in [1.82, 2.24) is 14.5 Å². The average Bonchev–Trinajstić information content (AvgIpc) is 3.17. The fourth-order valence-electron chi connectivity index (χ4n) is 2.32. The van der Waals surface area contributed by atoms with Gasteiger partial charge in [0.05, 0.1) is 5.75 Å². The first-order valence-electron chi connectivity index (χ1n) is 6.87. The number of halogens is 2. The van der Waals surface area contributed by atoms with E-state index in [-0.39, 0.29) is 36.8 Å². The fourth-order valence-corrected chi connectivity index (χ4v) is 3.15. The first kappa shape index (κ1) is 19.9. The van der Waals surface area contributed by atoms with E-state index in [1.165, 1.54) is 0 Å². The number of rotatable bonds is 4. The number of hydrogen-bond acceptors (Lipinski definition) is 5. The van der Waals surface area contributed by atoms with E-state index in [0.29, 0.717) is 24.6 Å². The number of furan rings is 1. The number of carbonyl (C=O) groups excluding carboxylic acids is 1. The van der Waals surface area contributed by atoms with Crippen LogP contribution in [0, 0.1) is 0 Å². The third-order valence-corrected chi connectivity index (χ3v) is 4.59. The highest BCUT2D eigenvalue weighted by molar-refractivity contribution is 7.98. The molecule has 1 aliphatic rings. The molecule has 0 unspecified atom stereocenters. The second-order valence-corrected chi connectivity index (χ2v) is 6.12. The summed E-state index contributed by atoms with van der Waals surface area (Å²) in [6.07, 6.45) is 4.51. The van der Waals surface area contributed by atoms with Crippen molar-refractivity contribution < 1.29 is 9.21 Å². The molecule has 128 valence electrons. The number of aryl methyl sites for hydroxylation is 1. The molecule has 3 heterocycles. The Hall–Kier alpha value is -1.15. The van der Waals surface area contributed by atoms with E-state index in [1.54, 1.807) is 28.9 Å². The van der Waals surface area contributed by atoms with Crippen molar-refractivity contribution in [2.24, 2.45) is 12.8 Å². The zero-order valence-electron chi connectivity index (χ0n) is 12.7. The van der Waals surface area contributed by atoms with Crippen LogP contribution in [0.5, 0.6) is 0 Å². The van der Waals surface area contributed by atoms with Gasteiger partial charge in [-0.2, -0.15) is 0 Å². The van der Waals surface area contributed by atoms with Crippen molar-refractivity contribution in [2.75, 3.05) is 13.1 Å². The number of hydrogen-bond donors (Lipinski definition) is 1. The summed E-state index contributed by atoms with van der Waals surface area (Å²) >= 11 is 1.58. The van der Waals surface area contributed by atoms with Gasteiger partial charge in [0.2, 0.25) is 0 Å². The minimum Gasteiger partial charge on any atom is -0.455 e. The molecule has 2 aromatic rings. The van der Waals surface area contributed by atoms with Gasteiger partial charge in [0.15, 0.2) is 10.9 Å². The summed E-state index contributed by atoms with van der Waals surface area (Å²) in [6.45, 7) is 1.31. The van der Waals surface area contributed by atoms with E-state index in [2.05, 4.69) is 4.98 Å². The SMILES string of the molecule is Cl.Cl.Cn1ccnc1SCc1ccc(C(=O)N2CC[C@@H](N)C2)o1. The van der Waals surface area contributed by atoms with E-state index in [4.69, 9.17) is 10.2 Å². The molecular weight excluding hydrogens is 359 g/mol. The number of carbonyl (C=O) groups is 1. The molecule has 0 bridgehead atoms. The predicted octanol–water partition coefficient (Wildman–Crippen LogP) is 2.32. The standard InChI is InChI=1S/C14H18N4O2S.2ClH/c1-17-7-5-16-14(17)21-9-11-2-3-12(20-11)13(19)18-6-4-10(15)8-18;;/h2-3,5,7,10H,4,6,8-9,15H2,1H3;2*1H/t10-;;/m1../s1. The number of nitrogens with zero attached hydrogens (tertiary/aromatic N) is 3. The molecule has 0 spiro atoms. The van der Waals surface area contributed by atoms with Gasteiger partial charge in [-0.15, -0.1) is 24.8 Å². The van der Waals surface area contributed by atoms with Crippen LogP contribution in [0.15, 0.2) is 34.1 Å². The molecule has 0 radical (unpaired) electrons. The van der Waals surface area contributed by atoms with Gasteiger partial charge in [-0.05, 0) is 18.6 Å². The molecule has 0 aliphatic carbocycles. The number of nitrogens with two attached hydrogens (primary N) is 1. The molecule has 9 heteroatoms. The highest BCUT2D eigenvalue weighted by atomic mass is 35.5. The molecule has 0 saturated carbocycles. The van der Waals surface area contributed by atoms with Crippen LogP contribution in [0.25, 0.3) is 0 Å². The maximum absolute atomic E-state index is 12.2. The Balaban J connectivity index is 0.00000132. The van der Waals surface area contributed by atoms with Gasteiger partial charge >= 0.3 is 0 Å². The summed E-state index contributed by atoms with van der Waals surface area (Å²) in [4.78, 5) is 18.2. The van der Waals surface area contributed by atoms with Crippen molar-refractivity contribution in [1.29, 1.82) is 0 Å². The monoisotopic (exact) mass is 378 g/mol. The molecule has 6 nitrogen and oxygen atoms in total. The summed E-state index contributed by atoms with van der Waals surface area (Å²) in [5, 5.41) is 0.921. The quantitative estimate of drug-likeness (QED) is 0.825. The lowest BCUT2D eigenvalue weighted by molar-refractivity contribution is 0.0758. The molecule has 3 rings (SSSR count). The highest BCUT2D eigenvalue weighted by Crippen LogP contribution is 2.23. The van der Waals surface area contributed by atoms with Crippen LogP contribution in [0.2, 0.25) is 0 Å². The third-order valence-electron chi connectivity index (χ3n) is 3.50. The van der Waals surface area contributed by atoms with Crippen molar-refractivity contribution in [3.05, 3.63) is 36.0 Å². The maximum atomic E-state index is 12.2. The smallest absolute Gasteiger partial charge is 0.289 e. The van der Waals surface area contributed by atoms with E-state index in [0.717, 1.165) is 17.3 Å². The summed E-state index contributed by atoms with van der Waals surface area (Å²) in [6, 6.07) is 3.67. The summed E-state index contributed by atoms with van der Waals surface area (Å²) in [5.74, 6) is 1.74.